The predicted molar refractivity (Wildman–Crippen MR) is 67.5 cm³/mol. The summed E-state index contributed by atoms with van der Waals surface area (Å²) in [5.74, 6) is 0.464. The summed E-state index contributed by atoms with van der Waals surface area (Å²) in [4.78, 5) is 13.1. The van der Waals surface area contributed by atoms with E-state index in [4.69, 9.17) is 9.47 Å². The minimum atomic E-state index is -0.680. The lowest BCUT2D eigenvalue weighted by molar-refractivity contribution is -0.133. The third-order valence-corrected chi connectivity index (χ3v) is 2.37. The number of ether oxygens (including phenoxy) is 2. The molecule has 1 rings (SSSR count). The summed E-state index contributed by atoms with van der Waals surface area (Å²) in [6, 6.07) is 9.12. The Hall–Kier alpha value is -1.59. The van der Waals surface area contributed by atoms with Gasteiger partial charge >= 0.3 is 0 Å². The van der Waals surface area contributed by atoms with Gasteiger partial charge in [0.15, 0.2) is 6.61 Å². The fraction of sp³-hybridized carbons (Fsp3) is 0.462. The number of carbonyl (C=O) groups excluding carboxylic acids is 1. The Balaban J connectivity index is 2.32. The number of para-hydroxylation sites is 1. The molecule has 0 aliphatic heterocycles. The zero-order valence-electron chi connectivity index (χ0n) is 10.7. The van der Waals surface area contributed by atoms with E-state index in [2.05, 4.69) is 0 Å². The average molecular weight is 253 g/mol. The van der Waals surface area contributed by atoms with Gasteiger partial charge in [-0.1, -0.05) is 18.2 Å². The second-order valence-electron chi connectivity index (χ2n) is 3.99. The van der Waals surface area contributed by atoms with Gasteiger partial charge in [-0.25, -0.2) is 0 Å². The van der Waals surface area contributed by atoms with Crippen LogP contribution in [0.2, 0.25) is 0 Å². The zero-order chi connectivity index (χ0) is 13.4. The van der Waals surface area contributed by atoms with Crippen molar-refractivity contribution in [2.24, 2.45) is 0 Å². The van der Waals surface area contributed by atoms with Crippen LogP contribution in [-0.2, 0) is 9.53 Å². The van der Waals surface area contributed by atoms with E-state index in [-0.39, 0.29) is 25.7 Å². The van der Waals surface area contributed by atoms with Gasteiger partial charge in [-0.2, -0.15) is 0 Å². The van der Waals surface area contributed by atoms with Crippen LogP contribution >= 0.6 is 0 Å². The molecule has 5 nitrogen and oxygen atoms in total. The Morgan fingerprint density at radius 2 is 2.06 bits per heavy atom. The van der Waals surface area contributed by atoms with Crippen molar-refractivity contribution in [3.8, 4) is 5.75 Å². The minimum absolute atomic E-state index is 0.0415. The Morgan fingerprint density at radius 3 is 2.67 bits per heavy atom. The Labute approximate surface area is 107 Å². The van der Waals surface area contributed by atoms with Crippen LogP contribution in [0.25, 0.3) is 0 Å². The number of likely N-dealkylation sites (N-methyl/N-ethyl adjacent to an activating group) is 1. The summed E-state index contributed by atoms with van der Waals surface area (Å²) in [5.41, 5.74) is 0. The van der Waals surface area contributed by atoms with Crippen LogP contribution in [0.4, 0.5) is 0 Å². The molecule has 0 radical (unpaired) electrons. The molecule has 0 heterocycles. The summed E-state index contributed by atoms with van der Waals surface area (Å²) in [5, 5.41) is 9.49. The molecule has 0 bridgehead atoms. The fourth-order valence-electron chi connectivity index (χ4n) is 1.44. The van der Waals surface area contributed by atoms with Crippen LogP contribution in [0.5, 0.6) is 5.75 Å². The van der Waals surface area contributed by atoms with Crippen LogP contribution in [-0.4, -0.2) is 55.9 Å². The first-order valence-electron chi connectivity index (χ1n) is 5.72. The van der Waals surface area contributed by atoms with Gasteiger partial charge < -0.3 is 19.5 Å². The molecule has 1 amide bonds. The van der Waals surface area contributed by atoms with E-state index in [1.165, 1.54) is 12.0 Å². The Morgan fingerprint density at radius 1 is 1.39 bits per heavy atom. The van der Waals surface area contributed by atoms with Gasteiger partial charge in [0.05, 0.1) is 12.7 Å². The molecule has 100 valence electrons. The molecule has 5 heteroatoms. The molecular weight excluding hydrogens is 234 g/mol. The van der Waals surface area contributed by atoms with Crippen molar-refractivity contribution < 1.29 is 19.4 Å². The van der Waals surface area contributed by atoms with Gasteiger partial charge in [0, 0.05) is 20.7 Å². The third kappa shape index (κ3) is 5.16. The lowest BCUT2D eigenvalue weighted by Crippen LogP contribution is -2.38. The van der Waals surface area contributed by atoms with Crippen molar-refractivity contribution in [3.05, 3.63) is 30.3 Å². The third-order valence-electron chi connectivity index (χ3n) is 2.37. The topological polar surface area (TPSA) is 59.0 Å². The lowest BCUT2D eigenvalue weighted by atomic mass is 10.3. The predicted octanol–water partition coefficient (Wildman–Crippen LogP) is 0.531. The number of benzene rings is 1. The van der Waals surface area contributed by atoms with E-state index in [1.54, 1.807) is 19.2 Å². The Bertz CT molecular complexity index is 355. The molecule has 1 aromatic carbocycles. The van der Waals surface area contributed by atoms with Crippen molar-refractivity contribution in [3.63, 3.8) is 0 Å². The van der Waals surface area contributed by atoms with Crippen LogP contribution in [0, 0.1) is 0 Å². The normalized spacial score (nSPS) is 11.9. The number of hydrogen-bond donors (Lipinski definition) is 1. The van der Waals surface area contributed by atoms with Gasteiger partial charge in [0.25, 0.3) is 5.91 Å². The highest BCUT2D eigenvalue weighted by atomic mass is 16.5. The molecule has 18 heavy (non-hydrogen) atoms. The van der Waals surface area contributed by atoms with Crippen LogP contribution in [0.1, 0.15) is 0 Å². The fourth-order valence-corrected chi connectivity index (χ4v) is 1.44. The second-order valence-corrected chi connectivity index (χ2v) is 3.99. The molecular formula is C13H19NO4. The number of hydrogen-bond acceptors (Lipinski definition) is 4. The summed E-state index contributed by atoms with van der Waals surface area (Å²) in [7, 11) is 3.12. The Kier molecular flexibility index (Phi) is 6.18. The molecule has 0 aliphatic rings. The number of aliphatic hydroxyl groups excluding tert-OH is 1. The van der Waals surface area contributed by atoms with E-state index in [9.17, 15) is 9.90 Å². The SMILES string of the molecule is COCC(O)CN(C)C(=O)COc1ccccc1. The number of rotatable bonds is 7. The van der Waals surface area contributed by atoms with E-state index < -0.39 is 6.10 Å². The smallest absolute Gasteiger partial charge is 0.260 e. The molecule has 0 fully saturated rings. The monoisotopic (exact) mass is 253 g/mol. The van der Waals surface area contributed by atoms with Crippen molar-refractivity contribution in [2.45, 2.75) is 6.10 Å². The molecule has 1 atom stereocenters. The van der Waals surface area contributed by atoms with Gasteiger partial charge in [-0.05, 0) is 12.1 Å². The minimum Gasteiger partial charge on any atom is -0.484 e. The maximum absolute atomic E-state index is 11.7. The zero-order valence-corrected chi connectivity index (χ0v) is 10.7. The van der Waals surface area contributed by atoms with Gasteiger partial charge in [-0.15, -0.1) is 0 Å². The van der Waals surface area contributed by atoms with Crippen LogP contribution < -0.4 is 4.74 Å². The first-order chi connectivity index (χ1) is 8.63. The standard InChI is InChI=1S/C13H19NO4/c1-14(8-11(15)9-17-2)13(16)10-18-12-6-4-3-5-7-12/h3-7,11,15H,8-10H2,1-2H3. The van der Waals surface area contributed by atoms with E-state index in [0.717, 1.165) is 0 Å². The molecule has 1 aromatic rings. The molecule has 1 N–H and O–H groups in total. The van der Waals surface area contributed by atoms with Crippen LogP contribution in [0.15, 0.2) is 30.3 Å². The highest BCUT2D eigenvalue weighted by molar-refractivity contribution is 5.77. The van der Waals surface area contributed by atoms with Crippen molar-refractivity contribution >= 4 is 5.91 Å². The van der Waals surface area contributed by atoms with Crippen molar-refractivity contribution in [1.82, 2.24) is 4.90 Å². The number of carbonyl (C=O) groups is 1. The number of aliphatic hydroxyl groups is 1. The second kappa shape index (κ2) is 7.68. The highest BCUT2D eigenvalue weighted by Crippen LogP contribution is 2.08. The first kappa shape index (κ1) is 14.5. The largest absolute Gasteiger partial charge is 0.484 e. The number of methoxy groups -OCH3 is 1. The highest BCUT2D eigenvalue weighted by Gasteiger charge is 2.13. The number of nitrogens with zero attached hydrogens (tertiary/aromatic N) is 1. The van der Waals surface area contributed by atoms with Crippen LogP contribution in [0.3, 0.4) is 0 Å². The molecule has 0 saturated carbocycles. The van der Waals surface area contributed by atoms with E-state index in [0.29, 0.717) is 5.75 Å². The summed E-state index contributed by atoms with van der Waals surface area (Å²) >= 11 is 0. The van der Waals surface area contributed by atoms with Gasteiger partial charge in [-0.3, -0.25) is 4.79 Å². The summed E-state index contributed by atoms with van der Waals surface area (Å²) < 4.78 is 10.1. The quantitative estimate of drug-likeness (QED) is 0.770. The van der Waals surface area contributed by atoms with Crippen molar-refractivity contribution in [1.29, 1.82) is 0 Å². The van der Waals surface area contributed by atoms with Gasteiger partial charge in [0.1, 0.15) is 5.75 Å². The molecule has 0 saturated heterocycles. The molecule has 0 aliphatic carbocycles. The molecule has 0 aromatic heterocycles. The molecule has 0 spiro atoms. The summed E-state index contributed by atoms with van der Waals surface area (Å²) in [6.45, 7) is 0.391. The summed E-state index contributed by atoms with van der Waals surface area (Å²) in [6.07, 6.45) is -0.680. The maximum atomic E-state index is 11.7. The van der Waals surface area contributed by atoms with E-state index >= 15 is 0 Å². The van der Waals surface area contributed by atoms with Gasteiger partial charge in [0.2, 0.25) is 0 Å². The van der Waals surface area contributed by atoms with Crippen molar-refractivity contribution in [2.75, 3.05) is 33.9 Å². The number of amides is 1. The maximum Gasteiger partial charge on any atom is 0.260 e. The average Bonchev–Trinajstić information content (AvgIpc) is 2.37. The lowest BCUT2D eigenvalue weighted by Gasteiger charge is -2.20. The van der Waals surface area contributed by atoms with E-state index in [1.807, 2.05) is 18.2 Å². The first-order valence-corrected chi connectivity index (χ1v) is 5.72. The molecule has 1 unspecified atom stereocenters.